The number of rotatable bonds is 13. The minimum Gasteiger partial charge on any atom is -0.404 e. The summed E-state index contributed by atoms with van der Waals surface area (Å²) in [6.45, 7) is 11.0. The van der Waals surface area contributed by atoms with Gasteiger partial charge in [-0.1, -0.05) is 93.0 Å². The van der Waals surface area contributed by atoms with Gasteiger partial charge in [0.05, 0.1) is 25.9 Å². The molecule has 182 valence electrons. The summed E-state index contributed by atoms with van der Waals surface area (Å²) in [5.41, 5.74) is 0. The van der Waals surface area contributed by atoms with Gasteiger partial charge in [-0.3, -0.25) is 4.57 Å². The molecule has 0 unspecified atom stereocenters. The van der Waals surface area contributed by atoms with E-state index >= 15 is 0 Å². The predicted molar refractivity (Wildman–Crippen MR) is 139 cm³/mol. The molecule has 0 aliphatic carbocycles. The first-order valence-electron chi connectivity index (χ1n) is 11.2. The molecule has 0 amide bonds. The molecule has 0 radical (unpaired) electrons. The van der Waals surface area contributed by atoms with Crippen molar-refractivity contribution in [3.63, 3.8) is 0 Å². The van der Waals surface area contributed by atoms with E-state index in [9.17, 15) is 4.57 Å². The van der Waals surface area contributed by atoms with Crippen molar-refractivity contribution in [2.75, 3.05) is 25.9 Å². The monoisotopic (exact) mass is 510 g/mol. The maximum atomic E-state index is 12.9. The van der Waals surface area contributed by atoms with E-state index in [4.69, 9.17) is 29.8 Å². The SMILES string of the molecule is CCOP(=O)(C=C[C@H](CO[Si](c1ccccc1)(c1ccccc1)C(C)(C)C)OCCl)OCC. The molecule has 0 saturated carbocycles. The summed E-state index contributed by atoms with van der Waals surface area (Å²) in [7, 11) is -6.09. The maximum Gasteiger partial charge on any atom is 0.353 e. The van der Waals surface area contributed by atoms with E-state index in [-0.39, 0.29) is 30.9 Å². The molecule has 2 rings (SSSR count). The van der Waals surface area contributed by atoms with Gasteiger partial charge in [-0.2, -0.15) is 0 Å². The highest BCUT2D eigenvalue weighted by Crippen LogP contribution is 2.49. The van der Waals surface area contributed by atoms with Gasteiger partial charge in [0, 0.05) is 5.82 Å². The van der Waals surface area contributed by atoms with Gasteiger partial charge in [0.1, 0.15) is 6.07 Å². The molecular formula is C25H36ClO5PSi. The van der Waals surface area contributed by atoms with Gasteiger partial charge < -0.3 is 18.2 Å². The quantitative estimate of drug-likeness (QED) is 0.190. The van der Waals surface area contributed by atoms with E-state index in [2.05, 4.69) is 45.0 Å². The Bertz CT molecular complexity index is 853. The van der Waals surface area contributed by atoms with E-state index in [1.807, 2.05) is 36.4 Å². The van der Waals surface area contributed by atoms with Crippen LogP contribution in [0.3, 0.4) is 0 Å². The van der Waals surface area contributed by atoms with Crippen molar-refractivity contribution in [1.29, 1.82) is 0 Å². The first-order valence-corrected chi connectivity index (χ1v) is 15.3. The molecule has 2 aromatic rings. The summed E-state index contributed by atoms with van der Waals surface area (Å²) in [4.78, 5) is 0. The summed E-state index contributed by atoms with van der Waals surface area (Å²) >= 11 is 5.91. The van der Waals surface area contributed by atoms with E-state index in [0.29, 0.717) is 0 Å². The van der Waals surface area contributed by atoms with Gasteiger partial charge in [-0.15, -0.1) is 0 Å². The highest BCUT2D eigenvalue weighted by atomic mass is 35.5. The minimum atomic E-state index is -3.36. The summed E-state index contributed by atoms with van der Waals surface area (Å²) < 4.78 is 36.2. The topological polar surface area (TPSA) is 54.0 Å². The third-order valence-electron chi connectivity index (χ3n) is 5.26. The van der Waals surface area contributed by atoms with Crippen LogP contribution in [-0.4, -0.2) is 40.3 Å². The number of benzene rings is 2. The lowest BCUT2D eigenvalue weighted by Gasteiger charge is -2.43. The zero-order chi connectivity index (χ0) is 24.4. The first-order chi connectivity index (χ1) is 15.7. The first kappa shape index (κ1) is 28.0. The third-order valence-corrected chi connectivity index (χ3v) is 12.2. The summed E-state index contributed by atoms with van der Waals surface area (Å²) in [5, 5.41) is 2.18. The third kappa shape index (κ3) is 7.37. The van der Waals surface area contributed by atoms with E-state index in [1.165, 1.54) is 16.2 Å². The summed E-state index contributed by atoms with van der Waals surface area (Å²) in [5.74, 6) is 1.45. The van der Waals surface area contributed by atoms with E-state index in [1.54, 1.807) is 19.9 Å². The van der Waals surface area contributed by atoms with Gasteiger partial charge in [0.2, 0.25) is 0 Å². The minimum absolute atomic E-state index is 0.0211. The normalized spacial score (nSPS) is 14.0. The van der Waals surface area contributed by atoms with Crippen molar-refractivity contribution in [2.45, 2.75) is 45.8 Å². The fourth-order valence-electron chi connectivity index (χ4n) is 3.89. The van der Waals surface area contributed by atoms with E-state index in [0.717, 1.165) is 0 Å². The van der Waals surface area contributed by atoms with Crippen LogP contribution in [0, 0.1) is 0 Å². The zero-order valence-corrected chi connectivity index (χ0v) is 22.9. The Hall–Kier alpha value is -1.24. The average molecular weight is 511 g/mol. The van der Waals surface area contributed by atoms with Crippen molar-refractivity contribution in [2.24, 2.45) is 0 Å². The molecule has 0 N–H and O–H groups in total. The fourth-order valence-corrected chi connectivity index (χ4v) is 9.99. The van der Waals surface area contributed by atoms with Crippen LogP contribution in [0.5, 0.6) is 0 Å². The number of halogens is 1. The maximum absolute atomic E-state index is 12.9. The van der Waals surface area contributed by atoms with Crippen molar-refractivity contribution in [3.8, 4) is 0 Å². The molecule has 2 aromatic carbocycles. The van der Waals surface area contributed by atoms with Crippen molar-refractivity contribution < 1.29 is 22.8 Å². The van der Waals surface area contributed by atoms with Crippen molar-refractivity contribution in [3.05, 3.63) is 72.6 Å². The molecule has 0 bridgehead atoms. The number of hydrogen-bond donors (Lipinski definition) is 0. The summed E-state index contributed by atoms with van der Waals surface area (Å²) in [6.07, 6.45) is 1.16. The lowest BCUT2D eigenvalue weighted by molar-refractivity contribution is 0.0755. The van der Waals surface area contributed by atoms with Gasteiger partial charge in [0.15, 0.2) is 0 Å². The number of hydrogen-bond acceptors (Lipinski definition) is 5. The molecule has 0 aliphatic heterocycles. The Morgan fingerprint density at radius 1 is 0.939 bits per heavy atom. The Balaban J connectivity index is 2.45. The second kappa shape index (κ2) is 13.0. The predicted octanol–water partition coefficient (Wildman–Crippen LogP) is 5.92. The van der Waals surface area contributed by atoms with Crippen LogP contribution in [0.25, 0.3) is 0 Å². The second-order valence-electron chi connectivity index (χ2n) is 8.51. The van der Waals surface area contributed by atoms with Crippen LogP contribution in [0.4, 0.5) is 0 Å². The highest BCUT2D eigenvalue weighted by molar-refractivity contribution is 7.57. The van der Waals surface area contributed by atoms with Crippen LogP contribution >= 0.6 is 19.2 Å². The molecule has 0 aliphatic rings. The molecule has 1 atom stereocenters. The van der Waals surface area contributed by atoms with Crippen LogP contribution in [0.2, 0.25) is 5.04 Å². The van der Waals surface area contributed by atoms with E-state index < -0.39 is 22.0 Å². The van der Waals surface area contributed by atoms with Gasteiger partial charge in [-0.05, 0) is 35.3 Å². The van der Waals surface area contributed by atoms with Crippen LogP contribution in [0.1, 0.15) is 34.6 Å². The Kier molecular flexibility index (Phi) is 11.0. The van der Waals surface area contributed by atoms with Gasteiger partial charge in [-0.25, -0.2) is 0 Å². The molecule has 33 heavy (non-hydrogen) atoms. The molecule has 8 heteroatoms. The standard InChI is InChI=1S/C25H36ClO5PSi/c1-6-29-32(27,30-7-2)19-18-22(28-21-26)20-31-33(25(3,4)5,23-14-10-8-11-15-23)24-16-12-9-13-17-24/h8-19,22H,6-7,20-21H2,1-5H3/t22-/m1/s1. The molecular weight excluding hydrogens is 475 g/mol. The molecule has 0 aromatic heterocycles. The molecule has 0 fully saturated rings. The van der Waals surface area contributed by atoms with Gasteiger partial charge >= 0.3 is 7.60 Å². The summed E-state index contributed by atoms with van der Waals surface area (Å²) in [6, 6.07) is 20.7. The van der Waals surface area contributed by atoms with Crippen LogP contribution < -0.4 is 10.4 Å². The fraction of sp³-hybridized carbons (Fsp3) is 0.440. The Morgan fingerprint density at radius 2 is 1.42 bits per heavy atom. The largest absolute Gasteiger partial charge is 0.404 e. The van der Waals surface area contributed by atoms with Gasteiger partial charge in [0.25, 0.3) is 8.32 Å². The van der Waals surface area contributed by atoms with Crippen LogP contribution in [0.15, 0.2) is 72.6 Å². The smallest absolute Gasteiger partial charge is 0.353 e. The number of ether oxygens (including phenoxy) is 1. The molecule has 0 saturated heterocycles. The lowest BCUT2D eigenvalue weighted by atomic mass is 10.2. The highest BCUT2D eigenvalue weighted by Gasteiger charge is 2.50. The Labute approximate surface area is 204 Å². The molecule has 5 nitrogen and oxygen atoms in total. The second-order valence-corrected chi connectivity index (χ2v) is 14.9. The number of alkyl halides is 1. The van der Waals surface area contributed by atoms with Crippen LogP contribution in [-0.2, 0) is 22.8 Å². The molecule has 0 spiro atoms. The van der Waals surface area contributed by atoms with Crippen molar-refractivity contribution >= 4 is 37.9 Å². The average Bonchev–Trinajstić information content (AvgIpc) is 2.79. The molecule has 0 heterocycles. The zero-order valence-electron chi connectivity index (χ0n) is 20.2. The Morgan fingerprint density at radius 3 is 1.82 bits per heavy atom. The van der Waals surface area contributed by atoms with Crippen molar-refractivity contribution in [1.82, 2.24) is 0 Å². The lowest BCUT2D eigenvalue weighted by Crippen LogP contribution is -2.67.